The van der Waals surface area contributed by atoms with Crippen LogP contribution in [-0.4, -0.2) is 30.2 Å². The summed E-state index contributed by atoms with van der Waals surface area (Å²) in [5, 5.41) is 11.0. The molecule has 2 aromatic rings. The van der Waals surface area contributed by atoms with E-state index in [1.807, 2.05) is 0 Å². The van der Waals surface area contributed by atoms with Crippen LogP contribution in [0.5, 0.6) is 23.5 Å². The molecule has 0 unspecified atom stereocenters. The molecule has 0 amide bonds. The summed E-state index contributed by atoms with van der Waals surface area (Å²) in [6.07, 6.45) is 0. The Bertz CT molecular complexity index is 613. The number of aromatic nitrogens is 2. The number of hydrogen-bond donors (Lipinski definition) is 0. The van der Waals surface area contributed by atoms with Crippen LogP contribution in [0.25, 0.3) is 0 Å². The molecule has 2 rings (SSSR count). The minimum Gasteiger partial charge on any atom is -0.545 e. The average Bonchev–Trinajstić information content (AvgIpc) is 2.47. The number of methoxy groups -OCH3 is 2. The van der Waals surface area contributed by atoms with Crippen LogP contribution in [0.2, 0.25) is 0 Å². The summed E-state index contributed by atoms with van der Waals surface area (Å²) in [6.45, 7) is 0. The van der Waals surface area contributed by atoms with Crippen molar-refractivity contribution in [3.63, 3.8) is 0 Å². The first-order valence-electron chi connectivity index (χ1n) is 5.59. The Kier molecular flexibility index (Phi) is 6.41. The quantitative estimate of drug-likeness (QED) is 0.571. The molecule has 0 atom stereocenters. The van der Waals surface area contributed by atoms with Gasteiger partial charge in [0, 0.05) is 5.56 Å². The first kappa shape index (κ1) is 17.2. The van der Waals surface area contributed by atoms with Gasteiger partial charge in [0.2, 0.25) is 11.8 Å². The molecule has 1 heterocycles. The monoisotopic (exact) mass is 298 g/mol. The van der Waals surface area contributed by atoms with Gasteiger partial charge in [0.25, 0.3) is 0 Å². The van der Waals surface area contributed by atoms with Crippen molar-refractivity contribution in [1.82, 2.24) is 9.97 Å². The Morgan fingerprint density at radius 3 is 2.19 bits per heavy atom. The molecular weight excluding hydrogens is 287 g/mol. The summed E-state index contributed by atoms with van der Waals surface area (Å²) in [5.74, 6) is -0.811. The van der Waals surface area contributed by atoms with Crippen LogP contribution in [-0.2, 0) is 0 Å². The van der Waals surface area contributed by atoms with Gasteiger partial charge in [-0.15, -0.1) is 0 Å². The molecule has 0 N–H and O–H groups in total. The van der Waals surface area contributed by atoms with Gasteiger partial charge >= 0.3 is 35.6 Å². The van der Waals surface area contributed by atoms with Crippen LogP contribution in [0, 0.1) is 0 Å². The zero-order valence-corrected chi connectivity index (χ0v) is 13.8. The summed E-state index contributed by atoms with van der Waals surface area (Å²) in [4.78, 5) is 18.9. The van der Waals surface area contributed by atoms with Crippen molar-refractivity contribution >= 4 is 5.97 Å². The second-order valence-electron chi connectivity index (χ2n) is 3.62. The Hall–Kier alpha value is -1.83. The number of carboxylic acid groups (broad SMARTS) is 1. The third-order valence-corrected chi connectivity index (χ3v) is 2.39. The number of carbonyl (C=O) groups is 1. The third kappa shape index (κ3) is 4.32. The molecule has 7 nitrogen and oxygen atoms in total. The molecule has 0 aliphatic rings. The van der Waals surface area contributed by atoms with Crippen molar-refractivity contribution in [2.24, 2.45) is 0 Å². The van der Waals surface area contributed by atoms with E-state index in [4.69, 9.17) is 14.2 Å². The molecule has 21 heavy (non-hydrogen) atoms. The second-order valence-corrected chi connectivity index (χ2v) is 3.62. The summed E-state index contributed by atoms with van der Waals surface area (Å²) in [7, 11) is 2.86. The Labute approximate surface area is 143 Å². The maximum Gasteiger partial charge on any atom is 1.00 e. The number of nitrogens with zero attached hydrogens (tertiary/aromatic N) is 2. The molecule has 0 radical (unpaired) electrons. The molecule has 0 aliphatic carbocycles. The molecule has 1 aromatic carbocycles. The van der Waals surface area contributed by atoms with Gasteiger partial charge < -0.3 is 24.1 Å². The fourth-order valence-corrected chi connectivity index (χ4v) is 1.46. The largest absolute Gasteiger partial charge is 1.00 e. The number of aromatic carboxylic acids is 1. The molecule has 0 saturated heterocycles. The topological polar surface area (TPSA) is 93.6 Å². The minimum atomic E-state index is -1.35. The molecular formula is C13H11N2NaO5. The van der Waals surface area contributed by atoms with E-state index in [9.17, 15) is 9.90 Å². The summed E-state index contributed by atoms with van der Waals surface area (Å²) < 4.78 is 15.3. The second kappa shape index (κ2) is 7.82. The fourth-order valence-electron chi connectivity index (χ4n) is 1.46. The van der Waals surface area contributed by atoms with E-state index in [-0.39, 0.29) is 58.6 Å². The minimum absolute atomic E-state index is 0. The Morgan fingerprint density at radius 1 is 1.10 bits per heavy atom. The van der Waals surface area contributed by atoms with E-state index in [2.05, 4.69) is 9.97 Å². The van der Waals surface area contributed by atoms with Crippen molar-refractivity contribution in [2.45, 2.75) is 0 Å². The summed E-state index contributed by atoms with van der Waals surface area (Å²) in [6, 6.07) is 7.40. The number of para-hydroxylation sites is 1. The summed E-state index contributed by atoms with van der Waals surface area (Å²) in [5.41, 5.74) is -0.0992. The van der Waals surface area contributed by atoms with Crippen LogP contribution in [0.3, 0.4) is 0 Å². The normalized spacial score (nSPS) is 9.43. The van der Waals surface area contributed by atoms with Gasteiger partial charge in [0.1, 0.15) is 5.75 Å². The van der Waals surface area contributed by atoms with E-state index in [1.165, 1.54) is 32.4 Å². The number of rotatable bonds is 5. The smallest absolute Gasteiger partial charge is 0.545 e. The predicted octanol–water partition coefficient (Wildman–Crippen LogP) is -2.35. The molecule has 1 aromatic heterocycles. The van der Waals surface area contributed by atoms with Crippen molar-refractivity contribution < 1.29 is 53.7 Å². The van der Waals surface area contributed by atoms with E-state index in [0.29, 0.717) is 0 Å². The van der Waals surface area contributed by atoms with Crippen molar-refractivity contribution in [3.05, 3.63) is 35.9 Å². The summed E-state index contributed by atoms with van der Waals surface area (Å²) >= 11 is 0. The SMILES string of the molecule is COc1cc(OC)nc(Oc2ccccc2C(=O)[O-])n1.[Na+]. The number of carbonyl (C=O) groups excluding carboxylic acids is 1. The molecule has 0 spiro atoms. The first-order chi connectivity index (χ1) is 9.63. The molecule has 8 heteroatoms. The van der Waals surface area contributed by atoms with Gasteiger partial charge in [0.15, 0.2) is 0 Å². The van der Waals surface area contributed by atoms with Crippen molar-refractivity contribution in [1.29, 1.82) is 0 Å². The number of hydrogen-bond acceptors (Lipinski definition) is 7. The van der Waals surface area contributed by atoms with Gasteiger partial charge in [-0.25, -0.2) is 0 Å². The maximum absolute atomic E-state index is 11.0. The molecule has 0 aliphatic heterocycles. The van der Waals surface area contributed by atoms with Crippen LogP contribution in [0.4, 0.5) is 0 Å². The zero-order valence-electron chi connectivity index (χ0n) is 11.8. The number of benzene rings is 1. The van der Waals surface area contributed by atoms with E-state index in [1.54, 1.807) is 12.1 Å². The average molecular weight is 298 g/mol. The van der Waals surface area contributed by atoms with Gasteiger partial charge in [-0.3, -0.25) is 0 Å². The first-order valence-corrected chi connectivity index (χ1v) is 5.59. The van der Waals surface area contributed by atoms with Crippen LogP contribution < -0.4 is 48.9 Å². The van der Waals surface area contributed by atoms with E-state index < -0.39 is 5.97 Å². The molecule has 0 saturated carbocycles. The Morgan fingerprint density at radius 2 is 1.67 bits per heavy atom. The standard InChI is InChI=1S/C13H12N2O5.Na/c1-18-10-7-11(19-2)15-13(14-10)20-9-6-4-3-5-8(9)12(16)17;/h3-7H,1-2H3,(H,16,17);/q;+1/p-1. The van der Waals surface area contributed by atoms with Crippen LogP contribution in [0.1, 0.15) is 10.4 Å². The Balaban J connectivity index is 0.00000220. The molecule has 0 bridgehead atoms. The van der Waals surface area contributed by atoms with Crippen molar-refractivity contribution in [2.75, 3.05) is 14.2 Å². The fraction of sp³-hybridized carbons (Fsp3) is 0.154. The van der Waals surface area contributed by atoms with Crippen LogP contribution in [0.15, 0.2) is 30.3 Å². The van der Waals surface area contributed by atoms with Gasteiger partial charge in [-0.1, -0.05) is 12.1 Å². The zero-order chi connectivity index (χ0) is 14.5. The van der Waals surface area contributed by atoms with Crippen LogP contribution >= 0.6 is 0 Å². The number of carboxylic acids is 1. The van der Waals surface area contributed by atoms with E-state index >= 15 is 0 Å². The van der Waals surface area contributed by atoms with Gasteiger partial charge in [0.05, 0.1) is 26.3 Å². The van der Waals surface area contributed by atoms with E-state index in [0.717, 1.165) is 0 Å². The van der Waals surface area contributed by atoms with Crippen molar-refractivity contribution in [3.8, 4) is 23.5 Å². The maximum atomic E-state index is 11.0. The van der Waals surface area contributed by atoms with Gasteiger partial charge in [-0.2, -0.15) is 9.97 Å². The molecule has 104 valence electrons. The number of ether oxygens (including phenoxy) is 3. The predicted molar refractivity (Wildman–Crippen MR) is 66.0 cm³/mol. The third-order valence-electron chi connectivity index (χ3n) is 2.39. The van der Waals surface area contributed by atoms with Gasteiger partial charge in [-0.05, 0) is 12.1 Å². The molecule has 0 fully saturated rings.